The normalized spacial score (nSPS) is 19.0. The van der Waals surface area contributed by atoms with Gasteiger partial charge in [0.1, 0.15) is 12.4 Å². The molecule has 1 aliphatic heterocycles. The molecule has 0 bridgehead atoms. The van der Waals surface area contributed by atoms with Crippen LogP contribution in [0.1, 0.15) is 12.8 Å². The summed E-state index contributed by atoms with van der Waals surface area (Å²) in [5.74, 6) is 0.914. The van der Waals surface area contributed by atoms with Crippen LogP contribution in [-0.2, 0) is 4.74 Å². The summed E-state index contributed by atoms with van der Waals surface area (Å²) in [5.41, 5.74) is 1.30. The first-order chi connectivity index (χ1) is 11.8. The molecular weight excluding hydrogens is 302 g/mol. The van der Waals surface area contributed by atoms with E-state index in [1.54, 1.807) is 7.11 Å². The van der Waals surface area contributed by atoms with Gasteiger partial charge in [-0.3, -0.25) is 4.90 Å². The predicted molar refractivity (Wildman–Crippen MR) is 98.1 cm³/mol. The van der Waals surface area contributed by atoms with E-state index in [9.17, 15) is 0 Å². The van der Waals surface area contributed by atoms with Crippen LogP contribution in [0.2, 0.25) is 0 Å². The van der Waals surface area contributed by atoms with Gasteiger partial charge >= 0.3 is 0 Å². The van der Waals surface area contributed by atoms with Crippen molar-refractivity contribution in [2.45, 2.75) is 18.9 Å². The lowest BCUT2D eigenvalue weighted by Crippen LogP contribution is -2.48. The minimum Gasteiger partial charge on any atom is -0.491 e. The molecule has 0 radical (unpaired) electrons. The fourth-order valence-corrected chi connectivity index (χ4v) is 3.22. The summed E-state index contributed by atoms with van der Waals surface area (Å²) in [4.78, 5) is 7.59. The average Bonchev–Trinajstić information content (AvgIpc) is 3.46. The Morgan fingerprint density at radius 2 is 1.75 bits per heavy atom. The minimum absolute atomic E-state index is 0.601. The van der Waals surface area contributed by atoms with Gasteiger partial charge in [0.2, 0.25) is 0 Å². The van der Waals surface area contributed by atoms with Crippen molar-refractivity contribution in [2.75, 3.05) is 71.5 Å². The number of hydrogen-bond donors (Lipinski definition) is 0. The highest BCUT2D eigenvalue weighted by atomic mass is 16.5. The van der Waals surface area contributed by atoms with Crippen molar-refractivity contribution in [3.05, 3.63) is 24.3 Å². The second kappa shape index (κ2) is 8.70. The van der Waals surface area contributed by atoms with Crippen molar-refractivity contribution in [3.8, 4) is 5.75 Å². The Kier molecular flexibility index (Phi) is 6.35. The highest BCUT2D eigenvalue weighted by Gasteiger charge is 2.26. The lowest BCUT2D eigenvalue weighted by atomic mass is 10.2. The molecule has 1 aromatic rings. The van der Waals surface area contributed by atoms with E-state index in [0.29, 0.717) is 13.2 Å². The molecule has 24 heavy (non-hydrogen) atoms. The highest BCUT2D eigenvalue weighted by Crippen LogP contribution is 2.25. The zero-order chi connectivity index (χ0) is 16.8. The number of benzene rings is 1. The summed E-state index contributed by atoms with van der Waals surface area (Å²) >= 11 is 0. The highest BCUT2D eigenvalue weighted by molar-refractivity contribution is 5.49. The number of nitrogens with zero attached hydrogens (tertiary/aromatic N) is 3. The predicted octanol–water partition coefficient (Wildman–Crippen LogP) is 1.93. The zero-order valence-corrected chi connectivity index (χ0v) is 15.1. The summed E-state index contributed by atoms with van der Waals surface area (Å²) in [6.45, 7) is 8.16. The first-order valence-electron chi connectivity index (χ1n) is 9.15. The first-order valence-corrected chi connectivity index (χ1v) is 9.15. The van der Waals surface area contributed by atoms with Crippen LogP contribution in [0.5, 0.6) is 5.75 Å². The second-order valence-electron chi connectivity index (χ2n) is 6.88. The molecular formula is C19H31N3O2. The smallest absolute Gasteiger partial charge is 0.119 e. The van der Waals surface area contributed by atoms with Crippen molar-refractivity contribution in [3.63, 3.8) is 0 Å². The number of methoxy groups -OCH3 is 1. The standard InChI is InChI=1S/C19H31N3O2/c1-20(17-3-4-17)9-10-21-11-13-22(14-12-21)18-5-7-19(8-6-18)24-16-15-23-2/h5-8,17H,3-4,9-16H2,1-2H3. The molecule has 3 rings (SSSR count). The fraction of sp³-hybridized carbons (Fsp3) is 0.684. The molecule has 1 aliphatic carbocycles. The Labute approximate surface area is 146 Å². The van der Waals surface area contributed by atoms with Gasteiger partial charge in [0.05, 0.1) is 6.61 Å². The van der Waals surface area contributed by atoms with E-state index >= 15 is 0 Å². The molecule has 134 valence electrons. The minimum atomic E-state index is 0.601. The molecule has 0 atom stereocenters. The third-order valence-electron chi connectivity index (χ3n) is 5.07. The molecule has 0 aromatic heterocycles. The summed E-state index contributed by atoms with van der Waals surface area (Å²) in [7, 11) is 3.96. The van der Waals surface area contributed by atoms with Crippen LogP contribution in [0.15, 0.2) is 24.3 Å². The average molecular weight is 333 g/mol. The third-order valence-corrected chi connectivity index (χ3v) is 5.07. The van der Waals surface area contributed by atoms with Crippen molar-refractivity contribution < 1.29 is 9.47 Å². The van der Waals surface area contributed by atoms with Gasteiger partial charge < -0.3 is 19.3 Å². The summed E-state index contributed by atoms with van der Waals surface area (Å²) in [6, 6.07) is 9.32. The lowest BCUT2D eigenvalue weighted by Gasteiger charge is -2.36. The van der Waals surface area contributed by atoms with E-state index in [0.717, 1.165) is 38.0 Å². The van der Waals surface area contributed by atoms with Crippen LogP contribution in [0.25, 0.3) is 0 Å². The van der Waals surface area contributed by atoms with E-state index in [2.05, 4.69) is 46.0 Å². The van der Waals surface area contributed by atoms with Gasteiger partial charge in [0.15, 0.2) is 0 Å². The van der Waals surface area contributed by atoms with Crippen LogP contribution in [0.4, 0.5) is 5.69 Å². The molecule has 1 aromatic carbocycles. The topological polar surface area (TPSA) is 28.2 Å². The van der Waals surface area contributed by atoms with Crippen LogP contribution in [-0.4, -0.2) is 82.5 Å². The Hall–Kier alpha value is -1.30. The Balaban J connectivity index is 1.39. The quantitative estimate of drug-likeness (QED) is 0.644. The lowest BCUT2D eigenvalue weighted by molar-refractivity contribution is 0.146. The Bertz CT molecular complexity index is 482. The number of hydrogen-bond acceptors (Lipinski definition) is 5. The van der Waals surface area contributed by atoms with Crippen LogP contribution in [0, 0.1) is 0 Å². The maximum absolute atomic E-state index is 5.63. The maximum atomic E-state index is 5.63. The van der Waals surface area contributed by atoms with E-state index in [-0.39, 0.29) is 0 Å². The zero-order valence-electron chi connectivity index (χ0n) is 15.1. The molecule has 5 nitrogen and oxygen atoms in total. The molecule has 0 N–H and O–H groups in total. The molecule has 1 saturated heterocycles. The monoisotopic (exact) mass is 333 g/mol. The van der Waals surface area contributed by atoms with Crippen LogP contribution >= 0.6 is 0 Å². The third kappa shape index (κ3) is 5.10. The Morgan fingerprint density at radius 1 is 1.04 bits per heavy atom. The molecule has 2 fully saturated rings. The van der Waals surface area contributed by atoms with E-state index in [1.165, 1.54) is 31.6 Å². The molecule has 1 heterocycles. The van der Waals surface area contributed by atoms with Gasteiger partial charge in [-0.25, -0.2) is 0 Å². The van der Waals surface area contributed by atoms with Gasteiger partial charge in [-0.1, -0.05) is 0 Å². The number of ether oxygens (including phenoxy) is 2. The second-order valence-corrected chi connectivity index (χ2v) is 6.88. The van der Waals surface area contributed by atoms with Crippen molar-refractivity contribution >= 4 is 5.69 Å². The number of rotatable bonds is 9. The summed E-state index contributed by atoms with van der Waals surface area (Å²) in [6.07, 6.45) is 2.80. The van der Waals surface area contributed by atoms with Gasteiger partial charge in [-0.05, 0) is 44.2 Å². The van der Waals surface area contributed by atoms with Gasteiger partial charge in [-0.2, -0.15) is 0 Å². The molecule has 5 heteroatoms. The number of anilines is 1. The summed E-state index contributed by atoms with van der Waals surface area (Å²) < 4.78 is 10.6. The van der Waals surface area contributed by atoms with Crippen LogP contribution in [0.3, 0.4) is 0 Å². The fourth-order valence-electron chi connectivity index (χ4n) is 3.22. The molecule has 0 unspecified atom stereocenters. The van der Waals surface area contributed by atoms with Gasteiger partial charge in [0.25, 0.3) is 0 Å². The van der Waals surface area contributed by atoms with Crippen molar-refractivity contribution in [2.24, 2.45) is 0 Å². The largest absolute Gasteiger partial charge is 0.491 e. The molecule has 0 amide bonds. The number of likely N-dealkylation sites (N-methyl/N-ethyl adjacent to an activating group) is 1. The first kappa shape index (κ1) is 17.5. The number of piperazine rings is 1. The molecule has 2 aliphatic rings. The van der Waals surface area contributed by atoms with E-state index in [1.807, 2.05) is 0 Å². The van der Waals surface area contributed by atoms with Crippen molar-refractivity contribution in [1.29, 1.82) is 0 Å². The van der Waals surface area contributed by atoms with E-state index < -0.39 is 0 Å². The molecule has 1 saturated carbocycles. The molecule has 0 spiro atoms. The summed E-state index contributed by atoms with van der Waals surface area (Å²) in [5, 5.41) is 0. The van der Waals surface area contributed by atoms with E-state index in [4.69, 9.17) is 9.47 Å². The van der Waals surface area contributed by atoms with Gasteiger partial charge in [-0.15, -0.1) is 0 Å². The maximum Gasteiger partial charge on any atom is 0.119 e. The SMILES string of the molecule is COCCOc1ccc(N2CCN(CCN(C)C3CC3)CC2)cc1. The van der Waals surface area contributed by atoms with Gasteiger partial charge in [0, 0.05) is 58.1 Å². The van der Waals surface area contributed by atoms with Crippen LogP contribution < -0.4 is 9.64 Å². The Morgan fingerprint density at radius 3 is 2.38 bits per heavy atom. The van der Waals surface area contributed by atoms with Crippen molar-refractivity contribution in [1.82, 2.24) is 9.80 Å².